The highest BCUT2D eigenvalue weighted by atomic mass is 32.2. The standard InChI is InChI=1S/C19H32O2S/c1-14-7-6-10-19(3,4)18(14)9-8-16(13-20)12-17(21)11-15(2)22-5/h7,13,15-16,18H,6,8-12H2,1-5H3. The summed E-state index contributed by atoms with van der Waals surface area (Å²) in [5.74, 6) is 0.671. The Labute approximate surface area is 140 Å². The molecule has 0 fully saturated rings. The first kappa shape index (κ1) is 19.5. The minimum Gasteiger partial charge on any atom is -0.303 e. The van der Waals surface area contributed by atoms with Crippen LogP contribution in [0, 0.1) is 17.3 Å². The molecule has 0 aromatic carbocycles. The number of rotatable bonds is 9. The summed E-state index contributed by atoms with van der Waals surface area (Å²) in [7, 11) is 0. The fourth-order valence-electron chi connectivity index (χ4n) is 3.60. The van der Waals surface area contributed by atoms with E-state index in [9.17, 15) is 9.59 Å². The molecule has 0 spiro atoms. The molecule has 1 rings (SSSR count). The predicted molar refractivity (Wildman–Crippen MR) is 96.3 cm³/mol. The number of Topliss-reactive ketones (excluding diaryl/α,β-unsaturated/α-hetero) is 1. The van der Waals surface area contributed by atoms with Crippen molar-refractivity contribution in [3.8, 4) is 0 Å². The Kier molecular flexibility index (Phi) is 7.88. The Balaban J connectivity index is 2.53. The lowest BCUT2D eigenvalue weighted by Crippen LogP contribution is -2.28. The minimum atomic E-state index is -0.105. The second-order valence-corrected chi connectivity index (χ2v) is 8.77. The number of hydrogen-bond acceptors (Lipinski definition) is 3. The van der Waals surface area contributed by atoms with E-state index < -0.39 is 0 Å². The molecule has 0 amide bonds. The van der Waals surface area contributed by atoms with E-state index in [1.54, 1.807) is 11.8 Å². The van der Waals surface area contributed by atoms with Crippen LogP contribution in [0.25, 0.3) is 0 Å². The smallest absolute Gasteiger partial charge is 0.134 e. The van der Waals surface area contributed by atoms with Gasteiger partial charge in [0.25, 0.3) is 0 Å². The molecule has 0 saturated heterocycles. The molecule has 2 nitrogen and oxygen atoms in total. The van der Waals surface area contributed by atoms with Crippen molar-refractivity contribution in [1.82, 2.24) is 0 Å². The zero-order valence-corrected chi connectivity index (χ0v) is 15.7. The molecule has 0 heterocycles. The van der Waals surface area contributed by atoms with Gasteiger partial charge in [-0.05, 0) is 50.2 Å². The van der Waals surface area contributed by atoms with E-state index in [1.165, 1.54) is 12.0 Å². The third-order valence-electron chi connectivity index (χ3n) is 5.17. The van der Waals surface area contributed by atoms with Gasteiger partial charge in [-0.2, -0.15) is 11.8 Å². The van der Waals surface area contributed by atoms with Crippen LogP contribution in [-0.2, 0) is 9.59 Å². The summed E-state index contributed by atoms with van der Waals surface area (Å²) in [6.45, 7) is 8.94. The monoisotopic (exact) mass is 324 g/mol. The second kappa shape index (κ2) is 8.90. The molecule has 0 radical (unpaired) electrons. The van der Waals surface area contributed by atoms with Crippen molar-refractivity contribution in [3.05, 3.63) is 11.6 Å². The lowest BCUT2D eigenvalue weighted by Gasteiger charge is -2.39. The van der Waals surface area contributed by atoms with Crippen molar-refractivity contribution >= 4 is 23.8 Å². The Morgan fingerprint density at radius 2 is 2.14 bits per heavy atom. The molecule has 1 aliphatic rings. The molecule has 3 heteroatoms. The molecular weight excluding hydrogens is 292 g/mol. The van der Waals surface area contributed by atoms with Crippen LogP contribution in [0.15, 0.2) is 11.6 Å². The molecule has 1 aliphatic carbocycles. The quantitative estimate of drug-likeness (QED) is 0.439. The van der Waals surface area contributed by atoms with Gasteiger partial charge in [-0.3, -0.25) is 4.79 Å². The topological polar surface area (TPSA) is 34.1 Å². The van der Waals surface area contributed by atoms with E-state index >= 15 is 0 Å². The van der Waals surface area contributed by atoms with Crippen molar-refractivity contribution in [2.24, 2.45) is 17.3 Å². The highest BCUT2D eigenvalue weighted by Crippen LogP contribution is 2.43. The zero-order valence-electron chi connectivity index (χ0n) is 14.9. The molecular formula is C19H32O2S. The summed E-state index contributed by atoms with van der Waals surface area (Å²) >= 11 is 1.71. The van der Waals surface area contributed by atoms with Gasteiger partial charge in [-0.15, -0.1) is 0 Å². The van der Waals surface area contributed by atoms with Crippen molar-refractivity contribution in [1.29, 1.82) is 0 Å². The van der Waals surface area contributed by atoms with Gasteiger partial charge in [-0.1, -0.05) is 32.4 Å². The molecule has 0 bridgehead atoms. The van der Waals surface area contributed by atoms with Gasteiger partial charge in [0, 0.05) is 24.0 Å². The van der Waals surface area contributed by atoms with Crippen LogP contribution in [0.5, 0.6) is 0 Å². The van der Waals surface area contributed by atoms with Crippen molar-refractivity contribution in [2.45, 2.75) is 71.5 Å². The van der Waals surface area contributed by atoms with Crippen LogP contribution in [0.1, 0.15) is 66.2 Å². The van der Waals surface area contributed by atoms with Crippen molar-refractivity contribution in [2.75, 3.05) is 6.26 Å². The van der Waals surface area contributed by atoms with Crippen LogP contribution in [0.4, 0.5) is 0 Å². The Hall–Kier alpha value is -0.570. The van der Waals surface area contributed by atoms with Crippen molar-refractivity contribution < 1.29 is 9.59 Å². The third kappa shape index (κ3) is 5.91. The van der Waals surface area contributed by atoms with E-state index in [0.717, 1.165) is 25.5 Å². The number of hydrogen-bond donors (Lipinski definition) is 0. The average Bonchev–Trinajstić information content (AvgIpc) is 2.44. The van der Waals surface area contributed by atoms with Crippen molar-refractivity contribution in [3.63, 3.8) is 0 Å². The fourth-order valence-corrected chi connectivity index (χ4v) is 3.95. The van der Waals surface area contributed by atoms with Gasteiger partial charge in [0.05, 0.1) is 0 Å². The van der Waals surface area contributed by atoms with Crippen LogP contribution in [0.2, 0.25) is 0 Å². The fraction of sp³-hybridized carbons (Fsp3) is 0.789. The minimum absolute atomic E-state index is 0.105. The molecule has 0 aliphatic heterocycles. The zero-order chi connectivity index (χ0) is 16.8. The van der Waals surface area contributed by atoms with E-state index in [-0.39, 0.29) is 11.7 Å². The predicted octanol–water partition coefficient (Wildman–Crippen LogP) is 5.07. The van der Waals surface area contributed by atoms with Crippen LogP contribution in [0.3, 0.4) is 0 Å². The molecule has 3 atom stereocenters. The highest BCUT2D eigenvalue weighted by molar-refractivity contribution is 7.99. The molecule has 22 heavy (non-hydrogen) atoms. The van der Waals surface area contributed by atoms with Crippen LogP contribution in [-0.4, -0.2) is 23.6 Å². The van der Waals surface area contributed by atoms with E-state index in [1.807, 2.05) is 6.26 Å². The molecule has 0 N–H and O–H groups in total. The Morgan fingerprint density at radius 3 is 2.68 bits per heavy atom. The van der Waals surface area contributed by atoms with Gasteiger partial charge in [0.15, 0.2) is 0 Å². The first-order chi connectivity index (χ1) is 10.3. The number of ketones is 1. The highest BCUT2D eigenvalue weighted by Gasteiger charge is 2.33. The summed E-state index contributed by atoms with van der Waals surface area (Å²) in [6, 6.07) is 0. The van der Waals surface area contributed by atoms with Crippen LogP contribution >= 0.6 is 11.8 Å². The summed E-state index contributed by atoms with van der Waals surface area (Å²) < 4.78 is 0. The summed E-state index contributed by atoms with van der Waals surface area (Å²) in [5, 5.41) is 0.349. The second-order valence-electron chi connectivity index (χ2n) is 7.49. The molecule has 126 valence electrons. The maximum absolute atomic E-state index is 12.0. The third-order valence-corrected chi connectivity index (χ3v) is 6.15. The molecule has 3 unspecified atom stereocenters. The van der Waals surface area contributed by atoms with Gasteiger partial charge < -0.3 is 4.79 Å². The maximum atomic E-state index is 12.0. The summed E-state index contributed by atoms with van der Waals surface area (Å²) in [6.07, 6.45) is 10.6. The van der Waals surface area contributed by atoms with Gasteiger partial charge in [0.1, 0.15) is 12.1 Å². The number of carbonyl (C=O) groups excluding carboxylic acids is 2. The Morgan fingerprint density at radius 1 is 1.45 bits per heavy atom. The van der Waals surface area contributed by atoms with Gasteiger partial charge >= 0.3 is 0 Å². The van der Waals surface area contributed by atoms with Gasteiger partial charge in [-0.25, -0.2) is 0 Å². The van der Waals surface area contributed by atoms with E-state index in [4.69, 9.17) is 0 Å². The molecule has 0 saturated carbocycles. The molecule has 0 aromatic heterocycles. The SMILES string of the molecule is CSC(C)CC(=O)CC(C=O)CCC1C(C)=CCCC1(C)C. The summed E-state index contributed by atoms with van der Waals surface area (Å²) in [4.78, 5) is 23.4. The number of aldehydes is 1. The maximum Gasteiger partial charge on any atom is 0.134 e. The molecule has 0 aromatic rings. The van der Waals surface area contributed by atoms with E-state index in [2.05, 4.69) is 33.8 Å². The first-order valence-electron chi connectivity index (χ1n) is 8.46. The number of carbonyl (C=O) groups is 2. The lowest BCUT2D eigenvalue weighted by molar-refractivity contribution is -0.123. The number of allylic oxidation sites excluding steroid dienone is 2. The van der Waals surface area contributed by atoms with E-state index in [0.29, 0.717) is 29.4 Å². The Bertz CT molecular complexity index is 412. The first-order valence-corrected chi connectivity index (χ1v) is 9.75. The largest absolute Gasteiger partial charge is 0.303 e. The lowest BCUT2D eigenvalue weighted by atomic mass is 9.66. The average molecular weight is 325 g/mol. The summed E-state index contributed by atoms with van der Waals surface area (Å²) in [5.41, 5.74) is 1.77. The van der Waals surface area contributed by atoms with Crippen LogP contribution < -0.4 is 0 Å². The normalized spacial score (nSPS) is 23.5. The number of thioether (sulfide) groups is 1. The van der Waals surface area contributed by atoms with Gasteiger partial charge in [0.2, 0.25) is 0 Å².